The molecular weight excluding hydrogens is 126 g/mol. The Balaban J connectivity index is 2.39. The lowest BCUT2D eigenvalue weighted by Gasteiger charge is -2.04. The van der Waals surface area contributed by atoms with Gasteiger partial charge in [-0.25, -0.2) is 0 Å². The fourth-order valence-corrected chi connectivity index (χ4v) is 1.02. The Morgan fingerprint density at radius 3 is 2.25 bits per heavy atom. The van der Waals surface area contributed by atoms with Gasteiger partial charge in [0.05, 0.1) is 0 Å². The van der Waals surface area contributed by atoms with Crippen LogP contribution in [0.5, 0.6) is 0 Å². The molecule has 0 aromatic carbocycles. The van der Waals surface area contributed by atoms with Gasteiger partial charge in [0, 0.05) is 11.7 Å². The van der Waals surface area contributed by atoms with Crippen molar-refractivity contribution in [3.05, 3.63) is 0 Å². The Morgan fingerprint density at radius 1 is 1.50 bits per heavy atom. The molecule has 1 rings (SSSR count). The smallest absolute Gasteiger partial charge is 0.118 e. The van der Waals surface area contributed by atoms with Crippen LogP contribution in [0.2, 0.25) is 0 Å². The van der Waals surface area contributed by atoms with E-state index >= 15 is 0 Å². The van der Waals surface area contributed by atoms with Gasteiger partial charge >= 0.3 is 0 Å². The summed E-state index contributed by atoms with van der Waals surface area (Å²) in [6.45, 7) is 0. The lowest BCUT2D eigenvalue weighted by Crippen LogP contribution is -2.30. The first-order valence-corrected chi connectivity index (χ1v) is 3.02. The zero-order valence-corrected chi connectivity index (χ0v) is 5.18. The molecule has 1 heterocycles. The summed E-state index contributed by atoms with van der Waals surface area (Å²) >= 11 is 3.97. The third-order valence-electron chi connectivity index (χ3n) is 1.19. The SMILES string of the molecule is OC1N[C@H](O)CC1S. The molecule has 4 heteroatoms. The average molecular weight is 135 g/mol. The highest BCUT2D eigenvalue weighted by Crippen LogP contribution is 2.14. The third kappa shape index (κ3) is 1.14. The Bertz CT molecular complexity index is 80.1. The van der Waals surface area contributed by atoms with Gasteiger partial charge in [-0.05, 0) is 0 Å². The summed E-state index contributed by atoms with van der Waals surface area (Å²) < 4.78 is 0. The number of thiol groups is 1. The monoisotopic (exact) mass is 135 g/mol. The zero-order chi connectivity index (χ0) is 6.15. The van der Waals surface area contributed by atoms with Crippen LogP contribution in [0.25, 0.3) is 0 Å². The average Bonchev–Trinajstić information content (AvgIpc) is 1.85. The van der Waals surface area contributed by atoms with Gasteiger partial charge in [-0.3, -0.25) is 5.32 Å². The number of aliphatic hydroxyl groups excluding tert-OH is 2. The van der Waals surface area contributed by atoms with Crippen molar-refractivity contribution in [1.29, 1.82) is 0 Å². The molecule has 8 heavy (non-hydrogen) atoms. The lowest BCUT2D eigenvalue weighted by molar-refractivity contribution is 0.0997. The van der Waals surface area contributed by atoms with E-state index < -0.39 is 12.5 Å². The standard InChI is InChI=1S/C4H9NO2S/c6-3-1-2(8)4(7)5-3/h2-8H,1H2/t2?,3-,4?/m1/s1. The van der Waals surface area contributed by atoms with Crippen LogP contribution in [-0.4, -0.2) is 27.9 Å². The molecule has 0 aliphatic carbocycles. The van der Waals surface area contributed by atoms with Gasteiger partial charge in [-0.15, -0.1) is 0 Å². The van der Waals surface area contributed by atoms with Crippen LogP contribution in [0, 0.1) is 0 Å². The predicted molar refractivity (Wildman–Crippen MR) is 32.5 cm³/mol. The molecule has 3 atom stereocenters. The molecule has 0 saturated carbocycles. The van der Waals surface area contributed by atoms with Gasteiger partial charge in [0.1, 0.15) is 12.5 Å². The summed E-state index contributed by atoms with van der Waals surface area (Å²) in [5, 5.41) is 20.0. The summed E-state index contributed by atoms with van der Waals surface area (Å²) in [5.41, 5.74) is 0. The summed E-state index contributed by atoms with van der Waals surface area (Å²) in [5.74, 6) is 0. The van der Waals surface area contributed by atoms with Crippen LogP contribution < -0.4 is 5.32 Å². The molecular formula is C4H9NO2S. The molecule has 2 unspecified atom stereocenters. The highest BCUT2D eigenvalue weighted by Gasteiger charge is 2.27. The van der Waals surface area contributed by atoms with E-state index in [0.29, 0.717) is 6.42 Å². The quantitative estimate of drug-likeness (QED) is 0.319. The van der Waals surface area contributed by atoms with Crippen LogP contribution in [-0.2, 0) is 0 Å². The Kier molecular flexibility index (Phi) is 1.77. The van der Waals surface area contributed by atoms with Crippen molar-refractivity contribution in [2.24, 2.45) is 0 Å². The lowest BCUT2D eigenvalue weighted by atomic mass is 10.3. The molecule has 1 fully saturated rings. The van der Waals surface area contributed by atoms with E-state index in [0.717, 1.165) is 0 Å². The second-order valence-electron chi connectivity index (χ2n) is 1.93. The minimum Gasteiger partial charge on any atom is -0.378 e. The molecule has 1 aliphatic heterocycles. The molecule has 0 aromatic rings. The van der Waals surface area contributed by atoms with Crippen molar-refractivity contribution in [2.45, 2.75) is 24.1 Å². The van der Waals surface area contributed by atoms with E-state index in [2.05, 4.69) is 17.9 Å². The van der Waals surface area contributed by atoms with Crippen molar-refractivity contribution in [1.82, 2.24) is 5.32 Å². The maximum Gasteiger partial charge on any atom is 0.118 e. The van der Waals surface area contributed by atoms with E-state index in [4.69, 9.17) is 10.2 Å². The van der Waals surface area contributed by atoms with Crippen LogP contribution in [0.4, 0.5) is 0 Å². The zero-order valence-electron chi connectivity index (χ0n) is 4.28. The normalized spacial score (nSPS) is 47.6. The predicted octanol–water partition coefficient (Wildman–Crippen LogP) is -1.09. The van der Waals surface area contributed by atoms with E-state index in [-0.39, 0.29) is 5.25 Å². The first kappa shape index (κ1) is 6.35. The Hall–Kier alpha value is 0.230. The van der Waals surface area contributed by atoms with E-state index in [1.165, 1.54) is 0 Å². The van der Waals surface area contributed by atoms with Gasteiger partial charge in [0.15, 0.2) is 0 Å². The maximum atomic E-state index is 8.82. The van der Waals surface area contributed by atoms with Gasteiger partial charge < -0.3 is 10.2 Å². The molecule has 0 radical (unpaired) electrons. The summed E-state index contributed by atoms with van der Waals surface area (Å²) in [4.78, 5) is 0. The van der Waals surface area contributed by atoms with Crippen molar-refractivity contribution in [3.63, 3.8) is 0 Å². The molecule has 0 bridgehead atoms. The van der Waals surface area contributed by atoms with Crippen LogP contribution in [0.3, 0.4) is 0 Å². The molecule has 48 valence electrons. The van der Waals surface area contributed by atoms with Gasteiger partial charge in [0.2, 0.25) is 0 Å². The topological polar surface area (TPSA) is 52.5 Å². The van der Waals surface area contributed by atoms with Crippen molar-refractivity contribution in [2.75, 3.05) is 0 Å². The maximum absolute atomic E-state index is 8.82. The third-order valence-corrected chi connectivity index (χ3v) is 1.69. The number of aliphatic hydroxyl groups is 2. The number of rotatable bonds is 0. The van der Waals surface area contributed by atoms with Crippen LogP contribution in [0.1, 0.15) is 6.42 Å². The van der Waals surface area contributed by atoms with Gasteiger partial charge in [0.25, 0.3) is 0 Å². The molecule has 1 aliphatic rings. The minimum atomic E-state index is -0.645. The minimum absolute atomic E-state index is 0.120. The second-order valence-corrected chi connectivity index (χ2v) is 2.59. The fourth-order valence-electron chi connectivity index (χ4n) is 0.734. The summed E-state index contributed by atoms with van der Waals surface area (Å²) in [7, 11) is 0. The molecule has 0 spiro atoms. The first-order chi connectivity index (χ1) is 3.70. The first-order valence-electron chi connectivity index (χ1n) is 2.50. The van der Waals surface area contributed by atoms with E-state index in [9.17, 15) is 0 Å². The van der Waals surface area contributed by atoms with Crippen LogP contribution in [0.15, 0.2) is 0 Å². The summed E-state index contributed by atoms with van der Waals surface area (Å²) in [6.07, 6.45) is -0.703. The molecule has 0 aromatic heterocycles. The summed E-state index contributed by atoms with van der Waals surface area (Å²) in [6, 6.07) is 0. The van der Waals surface area contributed by atoms with E-state index in [1.807, 2.05) is 0 Å². The highest BCUT2D eigenvalue weighted by molar-refractivity contribution is 7.81. The largest absolute Gasteiger partial charge is 0.378 e. The van der Waals surface area contributed by atoms with Gasteiger partial charge in [-0.2, -0.15) is 12.6 Å². The van der Waals surface area contributed by atoms with E-state index in [1.54, 1.807) is 0 Å². The number of hydrogen-bond donors (Lipinski definition) is 4. The molecule has 3 N–H and O–H groups in total. The fraction of sp³-hybridized carbons (Fsp3) is 1.00. The van der Waals surface area contributed by atoms with Crippen molar-refractivity contribution in [3.8, 4) is 0 Å². The Morgan fingerprint density at radius 2 is 2.12 bits per heavy atom. The second kappa shape index (κ2) is 2.23. The van der Waals surface area contributed by atoms with Crippen molar-refractivity contribution < 1.29 is 10.2 Å². The van der Waals surface area contributed by atoms with Gasteiger partial charge in [-0.1, -0.05) is 0 Å². The highest BCUT2D eigenvalue weighted by atomic mass is 32.1. The van der Waals surface area contributed by atoms with Crippen molar-refractivity contribution >= 4 is 12.6 Å². The molecule has 1 saturated heterocycles. The van der Waals surface area contributed by atoms with Crippen LogP contribution >= 0.6 is 12.6 Å². The Labute approximate surface area is 53.1 Å². The molecule has 0 amide bonds. The number of nitrogens with one attached hydrogen (secondary N) is 1. The number of hydrogen-bond acceptors (Lipinski definition) is 4. The molecule has 3 nitrogen and oxygen atoms in total.